The predicted molar refractivity (Wildman–Crippen MR) is 117 cm³/mol. The van der Waals surface area contributed by atoms with Gasteiger partial charge < -0.3 is 23.7 Å². The molecule has 3 unspecified atom stereocenters. The van der Waals surface area contributed by atoms with Gasteiger partial charge in [0.05, 0.1) is 0 Å². The normalized spacial score (nSPS) is 26.1. The molecule has 0 amide bonds. The highest BCUT2D eigenvalue weighted by Crippen LogP contribution is 2.33. The number of nitrogens with one attached hydrogen (secondary N) is 1. The van der Waals surface area contributed by atoms with Gasteiger partial charge in [-0.1, -0.05) is 66.6 Å². The molecule has 31 heavy (non-hydrogen) atoms. The molecule has 1 heterocycles. The van der Waals surface area contributed by atoms with E-state index >= 15 is 0 Å². The Labute approximate surface area is 196 Å². The van der Waals surface area contributed by atoms with Crippen LogP contribution in [0.25, 0.3) is 10.4 Å². The number of nitrogens with zero attached hydrogens (tertiary/aromatic N) is 3. The maximum Gasteiger partial charge on any atom is 0.302 e. The average Bonchev–Trinajstić information content (AvgIpc) is 2.69. The summed E-state index contributed by atoms with van der Waals surface area (Å²) in [6.45, 7) is 5.88. The molecule has 1 saturated heterocycles. The van der Waals surface area contributed by atoms with Gasteiger partial charge in [0.25, 0.3) is 3.79 Å². The van der Waals surface area contributed by atoms with E-state index in [0.717, 1.165) is 25.7 Å². The molecule has 0 aromatic rings. The number of carbonyl (C=O) groups is 1. The summed E-state index contributed by atoms with van der Waals surface area (Å²) in [5.41, 5.74) is 9.11. The smallest absolute Gasteiger partial charge is 0.302 e. The fourth-order valence-electron chi connectivity index (χ4n) is 2.81. The molecular weight excluding hydrogens is 475 g/mol. The molecule has 5 atom stereocenters. The van der Waals surface area contributed by atoms with Crippen molar-refractivity contribution in [2.24, 2.45) is 5.11 Å². The zero-order valence-corrected chi connectivity index (χ0v) is 20.0. The first-order valence-electron chi connectivity index (χ1n) is 10.0. The van der Waals surface area contributed by atoms with E-state index in [2.05, 4.69) is 10.0 Å². The van der Waals surface area contributed by atoms with Crippen LogP contribution in [0.5, 0.6) is 0 Å². The largest absolute Gasteiger partial charge is 0.463 e. The zero-order chi connectivity index (χ0) is 23.4. The minimum absolute atomic E-state index is 0.163. The number of rotatable bonds is 12. The van der Waals surface area contributed by atoms with Crippen molar-refractivity contribution >= 4 is 46.7 Å². The monoisotopic (exact) mass is 502 g/mol. The quantitative estimate of drug-likeness (QED) is 0.0599. The third-order valence-corrected chi connectivity index (χ3v) is 4.87. The Morgan fingerprint density at radius 2 is 1.74 bits per heavy atom. The van der Waals surface area contributed by atoms with Gasteiger partial charge in [-0.3, -0.25) is 10.2 Å². The van der Waals surface area contributed by atoms with E-state index in [9.17, 15) is 4.79 Å². The molecule has 178 valence electrons. The van der Waals surface area contributed by atoms with Crippen LogP contribution in [0.4, 0.5) is 0 Å². The van der Waals surface area contributed by atoms with Crippen molar-refractivity contribution in [1.29, 1.82) is 5.41 Å². The van der Waals surface area contributed by atoms with E-state index in [-0.39, 0.29) is 6.61 Å². The van der Waals surface area contributed by atoms with Crippen LogP contribution in [0.3, 0.4) is 0 Å². The molecule has 0 aromatic carbocycles. The fraction of sp³-hybridized carbons (Fsp3) is 0.889. The van der Waals surface area contributed by atoms with Crippen LogP contribution in [0.2, 0.25) is 0 Å². The summed E-state index contributed by atoms with van der Waals surface area (Å²) in [4.78, 5) is 14.2. The lowest BCUT2D eigenvalue weighted by Gasteiger charge is -2.44. The molecule has 1 rings (SSSR count). The van der Waals surface area contributed by atoms with E-state index in [4.69, 9.17) is 69.4 Å². The molecular formula is C18H29Cl3N4O6. The predicted octanol–water partition coefficient (Wildman–Crippen LogP) is 4.69. The topological polar surface area (TPSA) is 136 Å². The molecule has 1 fully saturated rings. The molecule has 13 heteroatoms. The molecule has 0 radical (unpaired) electrons. The molecule has 1 N–H and O–H groups in total. The van der Waals surface area contributed by atoms with Crippen molar-refractivity contribution in [3.05, 3.63) is 10.4 Å². The summed E-state index contributed by atoms with van der Waals surface area (Å²) in [7, 11) is 0. The minimum Gasteiger partial charge on any atom is -0.463 e. The van der Waals surface area contributed by atoms with Crippen molar-refractivity contribution in [2.45, 2.75) is 80.9 Å². The molecule has 0 aromatic heterocycles. The van der Waals surface area contributed by atoms with Crippen LogP contribution in [0.15, 0.2) is 5.11 Å². The van der Waals surface area contributed by atoms with Crippen molar-refractivity contribution in [3.63, 3.8) is 0 Å². The fourth-order valence-corrected chi connectivity index (χ4v) is 2.94. The highest BCUT2D eigenvalue weighted by Gasteiger charge is 2.50. The Balaban J connectivity index is 3.24. The first-order chi connectivity index (χ1) is 14.6. The van der Waals surface area contributed by atoms with Crippen molar-refractivity contribution in [3.8, 4) is 0 Å². The number of unbranched alkanes of at least 4 members (excludes halogenated alkanes) is 2. The van der Waals surface area contributed by atoms with Gasteiger partial charge >= 0.3 is 5.97 Å². The third-order valence-electron chi connectivity index (χ3n) is 4.36. The van der Waals surface area contributed by atoms with E-state index in [1.54, 1.807) is 0 Å². The van der Waals surface area contributed by atoms with Gasteiger partial charge in [0.2, 0.25) is 12.2 Å². The van der Waals surface area contributed by atoms with Gasteiger partial charge in [-0.2, -0.15) is 0 Å². The van der Waals surface area contributed by atoms with Gasteiger partial charge in [-0.15, -0.1) is 0 Å². The molecule has 0 saturated carbocycles. The van der Waals surface area contributed by atoms with Gasteiger partial charge in [0.15, 0.2) is 0 Å². The lowest BCUT2D eigenvalue weighted by atomic mass is 9.96. The van der Waals surface area contributed by atoms with Crippen molar-refractivity contribution in [2.75, 3.05) is 19.8 Å². The highest BCUT2D eigenvalue weighted by atomic mass is 35.6. The van der Waals surface area contributed by atoms with Crippen LogP contribution in [0.1, 0.15) is 46.5 Å². The summed E-state index contributed by atoms with van der Waals surface area (Å²) < 4.78 is 26.2. The number of hydrogen-bond acceptors (Lipinski definition) is 8. The number of alkyl halides is 3. The number of hydrogen-bond donors (Lipinski definition) is 1. The Kier molecular flexibility index (Phi) is 12.9. The second kappa shape index (κ2) is 14.2. The third kappa shape index (κ3) is 9.57. The molecule has 1 aliphatic heterocycles. The number of carbonyl (C=O) groups excluding carboxylic acids is 1. The van der Waals surface area contributed by atoms with Gasteiger partial charge in [0.1, 0.15) is 31.0 Å². The summed E-state index contributed by atoms with van der Waals surface area (Å²) in [5, 5.41) is 11.6. The number of ether oxygens (including phenoxy) is 5. The van der Waals surface area contributed by atoms with Crippen LogP contribution in [0, 0.1) is 5.41 Å². The summed E-state index contributed by atoms with van der Waals surface area (Å²) in [5.74, 6) is -1.23. The second-order valence-corrected chi connectivity index (χ2v) is 9.14. The van der Waals surface area contributed by atoms with Crippen LogP contribution >= 0.6 is 34.8 Å². The standard InChI is InChI=1S/C18H29Cl3N4O6/c1-4-6-8-27-14-12(10-29-11(3)26)30-16(31-17(22)18(19,20)21)13(24-25-23)15(14)28-9-7-5-2/h12-16,22H,4-10H2,1-3H3/t12?,13-,14+,15?,16?/m0/s1. The Bertz CT molecular complexity index is 630. The van der Waals surface area contributed by atoms with Crippen molar-refractivity contribution < 1.29 is 28.5 Å². The summed E-state index contributed by atoms with van der Waals surface area (Å²) in [6.07, 6.45) is -0.361. The maximum atomic E-state index is 11.4. The van der Waals surface area contributed by atoms with E-state index < -0.39 is 46.3 Å². The second-order valence-electron chi connectivity index (χ2n) is 6.86. The lowest BCUT2D eigenvalue weighted by molar-refractivity contribution is -0.264. The SMILES string of the molecule is CCCCOC1[C@H](N=[N+]=[N-])C(OC(=N)C(Cl)(Cl)Cl)OC(COC(C)=O)[C@H]1OCCCC. The number of esters is 1. The van der Waals surface area contributed by atoms with Crippen LogP contribution in [-0.4, -0.2) is 66.1 Å². The Hall–Kier alpha value is -1.00. The van der Waals surface area contributed by atoms with Gasteiger partial charge in [0, 0.05) is 25.0 Å². The van der Waals surface area contributed by atoms with Gasteiger partial charge in [-0.25, -0.2) is 0 Å². The van der Waals surface area contributed by atoms with Crippen molar-refractivity contribution in [1.82, 2.24) is 0 Å². The summed E-state index contributed by atoms with van der Waals surface area (Å²) >= 11 is 17.1. The number of halogens is 3. The minimum atomic E-state index is -2.15. The first kappa shape index (κ1) is 28.0. The molecule has 0 aliphatic carbocycles. The zero-order valence-electron chi connectivity index (χ0n) is 17.8. The Morgan fingerprint density at radius 3 is 2.23 bits per heavy atom. The van der Waals surface area contributed by atoms with Gasteiger partial charge in [-0.05, 0) is 18.4 Å². The Morgan fingerprint density at radius 1 is 1.16 bits per heavy atom. The summed E-state index contributed by atoms with van der Waals surface area (Å²) in [6, 6.07) is -1.05. The van der Waals surface area contributed by atoms with E-state index in [1.807, 2.05) is 13.8 Å². The number of azide groups is 1. The van der Waals surface area contributed by atoms with E-state index in [0.29, 0.717) is 13.2 Å². The molecule has 0 spiro atoms. The van der Waals surface area contributed by atoms with E-state index in [1.165, 1.54) is 6.92 Å². The molecule has 1 aliphatic rings. The average molecular weight is 504 g/mol. The molecule has 0 bridgehead atoms. The van der Waals surface area contributed by atoms with Crippen LogP contribution < -0.4 is 0 Å². The first-order valence-corrected chi connectivity index (χ1v) is 11.2. The molecule has 10 nitrogen and oxygen atoms in total. The van der Waals surface area contributed by atoms with Crippen LogP contribution in [-0.2, 0) is 28.5 Å². The highest BCUT2D eigenvalue weighted by molar-refractivity contribution is 6.76. The maximum absolute atomic E-state index is 11.4. The lowest BCUT2D eigenvalue weighted by Crippen LogP contribution is -2.61.